The summed E-state index contributed by atoms with van der Waals surface area (Å²) < 4.78 is 21.7. The van der Waals surface area contributed by atoms with Crippen molar-refractivity contribution in [1.82, 2.24) is 25.7 Å². The summed E-state index contributed by atoms with van der Waals surface area (Å²) in [6.07, 6.45) is -5.90. The standard InChI is InChI=1S/C31H38N5O15P/c1-16-13-36(31(45)34-27(16)41)14-23(38)32-20(11-17-5-3-2-4-6-17)28(42)33-21(12-18-7-9-19(10-8-18)51-52(46,47)48)29(43)50-35-24-26(40)25(39)22(15-37)49-30(24)44/h2-10,13,20-22,24-26,30,35,37,39-40,44H,11-12,14-15H2,1H3,(H,32,38)(H,33,42)(H,34,41,45)(H2,46,47,48)/t20-,21?,22+,24+,25+,26+,30+/m0/s1. The minimum atomic E-state index is -4.88. The number of rotatable bonds is 15. The van der Waals surface area contributed by atoms with Crippen molar-refractivity contribution in [3.05, 3.63) is 98.3 Å². The van der Waals surface area contributed by atoms with Crippen molar-refractivity contribution in [3.8, 4) is 5.75 Å². The summed E-state index contributed by atoms with van der Waals surface area (Å²) >= 11 is 0. The molecule has 1 aliphatic heterocycles. The zero-order valence-electron chi connectivity index (χ0n) is 27.4. The normalized spacial score (nSPS) is 21.4. The first-order valence-corrected chi connectivity index (χ1v) is 17.1. The number of aliphatic hydroxyl groups excluding tert-OH is 4. The summed E-state index contributed by atoms with van der Waals surface area (Å²) in [5, 5.41) is 45.2. The third-order valence-corrected chi connectivity index (χ3v) is 8.27. The Labute approximate surface area is 294 Å². The fraction of sp³-hybridized carbons (Fsp3) is 0.387. The fourth-order valence-electron chi connectivity index (χ4n) is 5.14. The van der Waals surface area contributed by atoms with E-state index in [9.17, 15) is 49.0 Å². The average molecular weight is 752 g/mol. The molecule has 0 spiro atoms. The van der Waals surface area contributed by atoms with Crippen LogP contribution in [0.2, 0.25) is 0 Å². The van der Waals surface area contributed by atoms with Gasteiger partial charge in [0.2, 0.25) is 11.8 Å². The van der Waals surface area contributed by atoms with E-state index in [2.05, 4.69) is 25.6 Å². The maximum absolute atomic E-state index is 13.8. The van der Waals surface area contributed by atoms with E-state index in [0.717, 1.165) is 4.57 Å². The van der Waals surface area contributed by atoms with Gasteiger partial charge in [-0.1, -0.05) is 42.5 Å². The Morgan fingerprint density at radius 3 is 2.21 bits per heavy atom. The van der Waals surface area contributed by atoms with Gasteiger partial charge in [0.15, 0.2) is 6.29 Å². The summed E-state index contributed by atoms with van der Waals surface area (Å²) in [5.41, 5.74) is 1.69. The molecule has 52 heavy (non-hydrogen) atoms. The van der Waals surface area contributed by atoms with Crippen LogP contribution in [0, 0.1) is 6.92 Å². The van der Waals surface area contributed by atoms with Gasteiger partial charge >= 0.3 is 19.5 Å². The average Bonchev–Trinajstić information content (AvgIpc) is 3.08. The van der Waals surface area contributed by atoms with E-state index in [1.807, 2.05) is 0 Å². The second-order valence-corrected chi connectivity index (χ2v) is 13.0. The number of nitrogens with zero attached hydrogens (tertiary/aromatic N) is 1. The molecule has 10 N–H and O–H groups in total. The number of ether oxygens (including phenoxy) is 1. The zero-order chi connectivity index (χ0) is 38.2. The lowest BCUT2D eigenvalue weighted by Gasteiger charge is -2.39. The molecule has 2 heterocycles. The van der Waals surface area contributed by atoms with Crippen molar-refractivity contribution in [2.24, 2.45) is 0 Å². The quantitative estimate of drug-likeness (QED) is 0.0535. The molecule has 282 valence electrons. The minimum Gasteiger partial charge on any atom is -0.404 e. The summed E-state index contributed by atoms with van der Waals surface area (Å²) in [6, 6.07) is 9.02. The minimum absolute atomic E-state index is 0.0892. The van der Waals surface area contributed by atoms with E-state index in [4.69, 9.17) is 19.4 Å². The number of aryl methyl sites for hydroxylation is 1. The first-order valence-electron chi connectivity index (χ1n) is 15.6. The molecule has 0 radical (unpaired) electrons. The Kier molecular flexibility index (Phi) is 13.6. The summed E-state index contributed by atoms with van der Waals surface area (Å²) in [6.45, 7) is 0.113. The number of aromatic nitrogens is 2. The molecule has 2 aromatic carbocycles. The number of phosphoric ester groups is 1. The fourth-order valence-corrected chi connectivity index (χ4v) is 5.53. The van der Waals surface area contributed by atoms with Gasteiger partial charge in [-0.25, -0.2) is 14.2 Å². The molecule has 1 aliphatic rings. The summed E-state index contributed by atoms with van der Waals surface area (Å²) in [4.78, 5) is 89.7. The van der Waals surface area contributed by atoms with Gasteiger partial charge in [0.1, 0.15) is 48.7 Å². The molecule has 0 aliphatic carbocycles. The molecule has 4 rings (SSSR count). The molecule has 20 nitrogen and oxygen atoms in total. The maximum atomic E-state index is 13.8. The van der Waals surface area contributed by atoms with Crippen LogP contribution in [-0.2, 0) is 47.9 Å². The highest BCUT2D eigenvalue weighted by Gasteiger charge is 2.44. The van der Waals surface area contributed by atoms with Crippen LogP contribution in [0.25, 0.3) is 0 Å². The number of carbonyl (C=O) groups excluding carboxylic acids is 3. The molecule has 2 amide bonds. The molecule has 7 atom stereocenters. The summed E-state index contributed by atoms with van der Waals surface area (Å²) in [7, 11) is -4.88. The number of hydroxylamine groups is 1. The highest BCUT2D eigenvalue weighted by molar-refractivity contribution is 7.46. The number of phosphoric acid groups is 1. The van der Waals surface area contributed by atoms with Crippen molar-refractivity contribution in [2.75, 3.05) is 6.61 Å². The number of H-pyrrole nitrogens is 1. The number of hydrogen-bond donors (Lipinski definition) is 10. The lowest BCUT2D eigenvalue weighted by molar-refractivity contribution is -0.268. The van der Waals surface area contributed by atoms with Gasteiger partial charge in [-0.3, -0.25) is 33.7 Å². The maximum Gasteiger partial charge on any atom is 0.524 e. The number of benzene rings is 2. The van der Waals surface area contributed by atoms with Gasteiger partial charge < -0.3 is 45.2 Å². The van der Waals surface area contributed by atoms with E-state index < -0.39 is 92.7 Å². The number of amides is 2. The van der Waals surface area contributed by atoms with E-state index in [1.54, 1.807) is 30.3 Å². The van der Waals surface area contributed by atoms with Crippen molar-refractivity contribution in [3.63, 3.8) is 0 Å². The first kappa shape index (κ1) is 40.0. The van der Waals surface area contributed by atoms with Crippen molar-refractivity contribution in [2.45, 2.75) is 69.0 Å². The molecular weight excluding hydrogens is 713 g/mol. The second-order valence-electron chi connectivity index (χ2n) is 11.8. The number of nitrogens with one attached hydrogen (secondary N) is 4. The van der Waals surface area contributed by atoms with Crippen LogP contribution in [0.15, 0.2) is 70.4 Å². The molecule has 1 unspecified atom stereocenters. The molecule has 0 saturated carbocycles. The predicted octanol–water partition coefficient (Wildman–Crippen LogP) is -3.38. The van der Waals surface area contributed by atoms with Crippen LogP contribution < -0.4 is 31.9 Å². The smallest absolute Gasteiger partial charge is 0.404 e. The lowest BCUT2D eigenvalue weighted by Crippen LogP contribution is -2.64. The third-order valence-electron chi connectivity index (χ3n) is 7.82. The molecule has 1 saturated heterocycles. The van der Waals surface area contributed by atoms with Gasteiger partial charge in [0.05, 0.1) is 6.61 Å². The predicted molar refractivity (Wildman–Crippen MR) is 176 cm³/mol. The van der Waals surface area contributed by atoms with Gasteiger partial charge in [-0.15, -0.1) is 5.48 Å². The second kappa shape index (κ2) is 17.6. The largest absolute Gasteiger partial charge is 0.524 e. The van der Waals surface area contributed by atoms with Gasteiger partial charge in [-0.2, -0.15) is 0 Å². The Balaban J connectivity index is 1.57. The Bertz CT molecular complexity index is 1870. The molecule has 1 fully saturated rings. The zero-order valence-corrected chi connectivity index (χ0v) is 28.3. The van der Waals surface area contributed by atoms with Crippen LogP contribution in [0.1, 0.15) is 16.7 Å². The van der Waals surface area contributed by atoms with Gasteiger partial charge in [-0.05, 0) is 30.2 Å². The lowest BCUT2D eigenvalue weighted by atomic mass is 9.98. The number of aliphatic hydroxyl groups is 4. The number of aromatic amines is 1. The Hall–Kier alpha value is -4.76. The molecule has 21 heteroatoms. The first-order chi connectivity index (χ1) is 24.5. The molecular formula is C31H38N5O15P. The van der Waals surface area contributed by atoms with E-state index >= 15 is 0 Å². The van der Waals surface area contributed by atoms with Crippen LogP contribution in [0.5, 0.6) is 5.75 Å². The Morgan fingerprint density at radius 2 is 1.58 bits per heavy atom. The SMILES string of the molecule is Cc1cn(CC(=O)N[C@@H](Cc2ccccc2)C(=O)NC(Cc2ccc(OP(=O)(O)O)cc2)C(=O)ON[C@@H]2[C@@H](O)[C@H](O)[C@@H](CO)O[C@H]2O)c(=O)[nH]c1=O. The summed E-state index contributed by atoms with van der Waals surface area (Å²) in [5.74, 6) is -3.09. The van der Waals surface area contributed by atoms with Crippen LogP contribution in [0.3, 0.4) is 0 Å². The highest BCUT2D eigenvalue weighted by atomic mass is 31.2. The number of hydrogen-bond acceptors (Lipinski definition) is 14. The van der Waals surface area contributed by atoms with Gasteiger partial charge in [0.25, 0.3) is 5.56 Å². The Morgan fingerprint density at radius 1 is 0.942 bits per heavy atom. The van der Waals surface area contributed by atoms with E-state index in [0.29, 0.717) is 11.1 Å². The topological polar surface area (TPSA) is 308 Å². The molecule has 0 bridgehead atoms. The van der Waals surface area contributed by atoms with Crippen LogP contribution >= 0.6 is 7.82 Å². The molecule has 1 aromatic heterocycles. The van der Waals surface area contributed by atoms with E-state index in [-0.39, 0.29) is 24.2 Å². The number of carbonyl (C=O) groups is 3. The van der Waals surface area contributed by atoms with Crippen molar-refractivity contribution >= 4 is 25.6 Å². The highest BCUT2D eigenvalue weighted by Crippen LogP contribution is 2.37. The van der Waals surface area contributed by atoms with Crippen molar-refractivity contribution in [1.29, 1.82) is 0 Å². The van der Waals surface area contributed by atoms with Crippen LogP contribution in [0.4, 0.5) is 0 Å². The van der Waals surface area contributed by atoms with Crippen LogP contribution in [-0.4, -0.2) is 107 Å². The van der Waals surface area contributed by atoms with E-state index in [1.165, 1.54) is 37.4 Å². The van der Waals surface area contributed by atoms with Gasteiger partial charge in [0, 0.05) is 24.6 Å². The third kappa shape index (κ3) is 11.1. The van der Waals surface area contributed by atoms with Crippen molar-refractivity contribution < 1.29 is 63.3 Å². The molecule has 3 aromatic rings. The monoisotopic (exact) mass is 751 g/mol.